The SMILES string of the molecule is CCNC(=NCC1CCCCN1CC)NCCCOC1CCOC1. The van der Waals surface area contributed by atoms with Crippen molar-refractivity contribution in [2.24, 2.45) is 4.99 Å². The van der Waals surface area contributed by atoms with Crippen molar-refractivity contribution in [1.82, 2.24) is 15.5 Å². The van der Waals surface area contributed by atoms with Crippen molar-refractivity contribution >= 4 is 5.96 Å². The van der Waals surface area contributed by atoms with Crippen molar-refractivity contribution in [3.05, 3.63) is 0 Å². The topological polar surface area (TPSA) is 58.1 Å². The molecule has 2 N–H and O–H groups in total. The molecule has 0 aromatic rings. The summed E-state index contributed by atoms with van der Waals surface area (Å²) >= 11 is 0. The molecule has 0 aromatic heterocycles. The Morgan fingerprint density at radius 2 is 2.17 bits per heavy atom. The number of guanidine groups is 1. The third kappa shape index (κ3) is 6.95. The van der Waals surface area contributed by atoms with Gasteiger partial charge in [0, 0.05) is 32.3 Å². The maximum absolute atomic E-state index is 5.80. The normalized spacial score (nSPS) is 25.8. The molecule has 2 fully saturated rings. The molecule has 2 aliphatic heterocycles. The van der Waals surface area contributed by atoms with E-state index in [4.69, 9.17) is 14.5 Å². The number of piperidine rings is 1. The van der Waals surface area contributed by atoms with E-state index in [2.05, 4.69) is 29.4 Å². The highest BCUT2D eigenvalue weighted by Crippen LogP contribution is 2.16. The Bertz CT molecular complexity index is 359. The van der Waals surface area contributed by atoms with Gasteiger partial charge in [0.15, 0.2) is 5.96 Å². The van der Waals surface area contributed by atoms with E-state index >= 15 is 0 Å². The van der Waals surface area contributed by atoms with E-state index in [0.29, 0.717) is 12.1 Å². The first kappa shape index (κ1) is 19.5. The molecular weight excluding hydrogens is 304 g/mol. The van der Waals surface area contributed by atoms with Gasteiger partial charge in [-0.2, -0.15) is 0 Å². The molecule has 140 valence electrons. The van der Waals surface area contributed by atoms with Crippen LogP contribution in [0.3, 0.4) is 0 Å². The number of likely N-dealkylation sites (tertiary alicyclic amines) is 1. The molecule has 0 radical (unpaired) electrons. The van der Waals surface area contributed by atoms with Crippen LogP contribution in [0.25, 0.3) is 0 Å². The lowest BCUT2D eigenvalue weighted by Gasteiger charge is -2.33. The summed E-state index contributed by atoms with van der Waals surface area (Å²) in [5.74, 6) is 0.934. The number of likely N-dealkylation sites (N-methyl/N-ethyl adjacent to an activating group) is 1. The average Bonchev–Trinajstić information content (AvgIpc) is 3.13. The first-order chi connectivity index (χ1) is 11.8. The van der Waals surface area contributed by atoms with E-state index in [1.807, 2.05) is 0 Å². The van der Waals surface area contributed by atoms with Crippen molar-refractivity contribution in [2.45, 2.75) is 58.1 Å². The number of rotatable bonds is 9. The first-order valence-electron chi connectivity index (χ1n) is 9.79. The van der Waals surface area contributed by atoms with Gasteiger partial charge in [0.2, 0.25) is 0 Å². The number of hydrogen-bond acceptors (Lipinski definition) is 4. The van der Waals surface area contributed by atoms with Crippen LogP contribution < -0.4 is 10.6 Å². The minimum Gasteiger partial charge on any atom is -0.379 e. The summed E-state index contributed by atoms with van der Waals surface area (Å²) in [7, 11) is 0. The van der Waals surface area contributed by atoms with E-state index in [0.717, 1.165) is 64.8 Å². The molecule has 2 saturated heterocycles. The predicted molar refractivity (Wildman–Crippen MR) is 98.7 cm³/mol. The van der Waals surface area contributed by atoms with Gasteiger partial charge in [-0.25, -0.2) is 0 Å². The van der Waals surface area contributed by atoms with Gasteiger partial charge in [-0.15, -0.1) is 0 Å². The molecule has 2 aliphatic rings. The predicted octanol–water partition coefficient (Wildman–Crippen LogP) is 1.61. The second kappa shape index (κ2) is 11.7. The second-order valence-electron chi connectivity index (χ2n) is 6.63. The van der Waals surface area contributed by atoms with Crippen molar-refractivity contribution in [3.63, 3.8) is 0 Å². The van der Waals surface area contributed by atoms with Gasteiger partial charge in [0.05, 0.1) is 19.3 Å². The summed E-state index contributed by atoms with van der Waals surface area (Å²) in [4.78, 5) is 7.37. The summed E-state index contributed by atoms with van der Waals surface area (Å²) < 4.78 is 11.1. The molecule has 2 heterocycles. The molecule has 0 bridgehead atoms. The van der Waals surface area contributed by atoms with E-state index in [-0.39, 0.29) is 0 Å². The van der Waals surface area contributed by atoms with Gasteiger partial charge in [-0.05, 0) is 45.7 Å². The lowest BCUT2D eigenvalue weighted by atomic mass is 10.0. The number of hydrogen-bond donors (Lipinski definition) is 2. The Morgan fingerprint density at radius 3 is 2.92 bits per heavy atom. The number of nitrogens with one attached hydrogen (secondary N) is 2. The van der Waals surface area contributed by atoms with Gasteiger partial charge >= 0.3 is 0 Å². The zero-order valence-electron chi connectivity index (χ0n) is 15.6. The van der Waals surface area contributed by atoms with Gasteiger partial charge in [-0.1, -0.05) is 13.3 Å². The maximum Gasteiger partial charge on any atom is 0.191 e. The van der Waals surface area contributed by atoms with Crippen molar-refractivity contribution in [2.75, 3.05) is 52.5 Å². The largest absolute Gasteiger partial charge is 0.379 e. The first-order valence-corrected chi connectivity index (χ1v) is 9.79. The number of aliphatic imine (C=N–C) groups is 1. The fraction of sp³-hybridized carbons (Fsp3) is 0.944. The van der Waals surface area contributed by atoms with E-state index in [9.17, 15) is 0 Å². The highest BCUT2D eigenvalue weighted by Gasteiger charge is 2.20. The molecule has 2 rings (SSSR count). The molecule has 6 nitrogen and oxygen atoms in total. The van der Waals surface area contributed by atoms with Crippen LogP contribution in [-0.2, 0) is 9.47 Å². The second-order valence-corrected chi connectivity index (χ2v) is 6.63. The molecule has 0 spiro atoms. The van der Waals surface area contributed by atoms with Crippen LogP contribution in [0.5, 0.6) is 0 Å². The van der Waals surface area contributed by atoms with Crippen LogP contribution in [0.15, 0.2) is 4.99 Å². The Morgan fingerprint density at radius 1 is 1.25 bits per heavy atom. The van der Waals surface area contributed by atoms with Crippen molar-refractivity contribution in [3.8, 4) is 0 Å². The smallest absolute Gasteiger partial charge is 0.191 e. The molecule has 6 heteroatoms. The Kier molecular flexibility index (Phi) is 9.46. The standard InChI is InChI=1S/C18H36N4O2/c1-3-19-18(20-10-7-12-24-17-9-13-23-15-17)21-14-16-8-5-6-11-22(16)4-2/h16-17H,3-15H2,1-2H3,(H2,19,20,21). The van der Waals surface area contributed by atoms with Crippen molar-refractivity contribution in [1.29, 1.82) is 0 Å². The third-order valence-corrected chi connectivity index (χ3v) is 4.81. The molecule has 2 unspecified atom stereocenters. The molecular formula is C18H36N4O2. The van der Waals surface area contributed by atoms with Crippen molar-refractivity contribution < 1.29 is 9.47 Å². The van der Waals surface area contributed by atoms with Crippen LogP contribution in [0.4, 0.5) is 0 Å². The molecule has 0 saturated carbocycles. The number of nitrogens with zero attached hydrogens (tertiary/aromatic N) is 2. The van der Waals surface area contributed by atoms with Gasteiger partial charge < -0.3 is 20.1 Å². The van der Waals surface area contributed by atoms with E-state index < -0.39 is 0 Å². The minimum absolute atomic E-state index is 0.304. The summed E-state index contributed by atoms with van der Waals surface area (Å²) in [5.41, 5.74) is 0. The van der Waals surface area contributed by atoms with Gasteiger partial charge in [0.25, 0.3) is 0 Å². The zero-order chi connectivity index (χ0) is 17.0. The fourth-order valence-electron chi connectivity index (χ4n) is 3.39. The summed E-state index contributed by atoms with van der Waals surface area (Å²) in [5, 5.41) is 6.77. The van der Waals surface area contributed by atoms with Crippen LogP contribution in [0, 0.1) is 0 Å². The zero-order valence-corrected chi connectivity index (χ0v) is 15.6. The van der Waals surface area contributed by atoms with Crippen LogP contribution in [-0.4, -0.2) is 75.5 Å². The Balaban J connectivity index is 1.65. The van der Waals surface area contributed by atoms with E-state index in [1.54, 1.807) is 0 Å². The van der Waals surface area contributed by atoms with Crippen LogP contribution in [0.2, 0.25) is 0 Å². The fourth-order valence-corrected chi connectivity index (χ4v) is 3.39. The van der Waals surface area contributed by atoms with Crippen LogP contribution in [0.1, 0.15) is 46.0 Å². The van der Waals surface area contributed by atoms with Gasteiger partial charge in [0.1, 0.15) is 0 Å². The average molecular weight is 341 g/mol. The Hall–Kier alpha value is -0.850. The maximum atomic E-state index is 5.80. The summed E-state index contributed by atoms with van der Waals surface area (Å²) in [6.45, 7) is 11.8. The molecule has 0 aromatic carbocycles. The monoisotopic (exact) mass is 340 g/mol. The molecule has 0 amide bonds. The van der Waals surface area contributed by atoms with Gasteiger partial charge in [-0.3, -0.25) is 9.89 Å². The highest BCUT2D eigenvalue weighted by atomic mass is 16.5. The lowest BCUT2D eigenvalue weighted by molar-refractivity contribution is 0.0420. The quantitative estimate of drug-likeness (QED) is 0.379. The minimum atomic E-state index is 0.304. The molecule has 2 atom stereocenters. The lowest BCUT2D eigenvalue weighted by Crippen LogP contribution is -2.43. The highest BCUT2D eigenvalue weighted by molar-refractivity contribution is 5.79. The molecule has 24 heavy (non-hydrogen) atoms. The van der Waals surface area contributed by atoms with Crippen LogP contribution >= 0.6 is 0 Å². The summed E-state index contributed by atoms with van der Waals surface area (Å²) in [6.07, 6.45) is 6.27. The number of ether oxygens (including phenoxy) is 2. The molecule has 0 aliphatic carbocycles. The van der Waals surface area contributed by atoms with E-state index in [1.165, 1.54) is 25.8 Å². The summed E-state index contributed by atoms with van der Waals surface area (Å²) in [6, 6.07) is 0.602. The Labute approximate surface area is 147 Å². The third-order valence-electron chi connectivity index (χ3n) is 4.81.